The van der Waals surface area contributed by atoms with Crippen LogP contribution in [0.2, 0.25) is 0 Å². The molecule has 3 rings (SSSR count). The number of pyridine rings is 1. The van der Waals surface area contributed by atoms with Crippen LogP contribution in [-0.2, 0) is 9.59 Å². The maximum atomic E-state index is 12.4. The molecule has 94 valence electrons. The number of aromatic nitrogens is 1. The minimum absolute atomic E-state index is 0.174. The molecule has 0 unspecified atom stereocenters. The van der Waals surface area contributed by atoms with Gasteiger partial charge >= 0.3 is 0 Å². The lowest BCUT2D eigenvalue weighted by atomic mass is 9.98. The molecule has 4 heteroatoms. The van der Waals surface area contributed by atoms with Crippen LogP contribution in [-0.4, -0.2) is 16.8 Å². The number of anilines is 1. The van der Waals surface area contributed by atoms with Crippen molar-refractivity contribution < 1.29 is 9.59 Å². The summed E-state index contributed by atoms with van der Waals surface area (Å²) in [6, 6.07) is 12.8. The number of hydrogen-bond donors (Lipinski definition) is 0. The minimum Gasteiger partial charge on any atom is -0.274 e. The van der Waals surface area contributed by atoms with Crippen molar-refractivity contribution in [2.45, 2.75) is 12.3 Å². The highest BCUT2D eigenvalue weighted by Gasteiger charge is 2.40. The van der Waals surface area contributed by atoms with Crippen molar-refractivity contribution >= 4 is 17.5 Å². The van der Waals surface area contributed by atoms with Gasteiger partial charge in [0.2, 0.25) is 11.8 Å². The zero-order valence-electron chi connectivity index (χ0n) is 10.2. The summed E-state index contributed by atoms with van der Waals surface area (Å²) >= 11 is 0. The van der Waals surface area contributed by atoms with Crippen molar-refractivity contribution in [2.75, 3.05) is 4.90 Å². The van der Waals surface area contributed by atoms with Crippen LogP contribution in [0, 0.1) is 0 Å². The van der Waals surface area contributed by atoms with Gasteiger partial charge in [0.25, 0.3) is 0 Å². The van der Waals surface area contributed by atoms with Crippen molar-refractivity contribution in [1.29, 1.82) is 0 Å². The van der Waals surface area contributed by atoms with Crippen molar-refractivity contribution in [3.8, 4) is 0 Å². The molecule has 4 nitrogen and oxygen atoms in total. The normalized spacial score (nSPS) is 18.9. The van der Waals surface area contributed by atoms with Gasteiger partial charge in [-0.05, 0) is 17.7 Å². The quantitative estimate of drug-likeness (QED) is 0.769. The van der Waals surface area contributed by atoms with Gasteiger partial charge in [0.1, 0.15) is 0 Å². The van der Waals surface area contributed by atoms with Gasteiger partial charge in [-0.25, -0.2) is 4.90 Å². The summed E-state index contributed by atoms with van der Waals surface area (Å²) in [5.41, 5.74) is 1.42. The fraction of sp³-hybridized carbons (Fsp3) is 0.133. The highest BCUT2D eigenvalue weighted by Crippen LogP contribution is 2.32. The lowest BCUT2D eigenvalue weighted by molar-refractivity contribution is -0.121. The summed E-state index contributed by atoms with van der Waals surface area (Å²) in [5.74, 6) is -0.732. The Kier molecular flexibility index (Phi) is 2.83. The average Bonchev–Trinajstić information content (AvgIpc) is 2.76. The van der Waals surface area contributed by atoms with Crippen LogP contribution >= 0.6 is 0 Å². The zero-order chi connectivity index (χ0) is 13.2. The summed E-state index contributed by atoms with van der Waals surface area (Å²) in [6.07, 6.45) is 3.37. The number of nitrogens with zero attached hydrogens (tertiary/aromatic N) is 2. The predicted molar refractivity (Wildman–Crippen MR) is 70.5 cm³/mol. The van der Waals surface area contributed by atoms with Gasteiger partial charge < -0.3 is 0 Å². The third-order valence-electron chi connectivity index (χ3n) is 3.25. The summed E-state index contributed by atoms with van der Waals surface area (Å²) in [6.45, 7) is 0. The molecule has 0 saturated carbocycles. The van der Waals surface area contributed by atoms with Crippen LogP contribution in [0.25, 0.3) is 0 Å². The van der Waals surface area contributed by atoms with Crippen LogP contribution in [0.4, 0.5) is 5.69 Å². The Labute approximate surface area is 110 Å². The Morgan fingerprint density at radius 1 is 1.05 bits per heavy atom. The van der Waals surface area contributed by atoms with Gasteiger partial charge in [-0.15, -0.1) is 0 Å². The molecule has 1 atom stereocenters. The van der Waals surface area contributed by atoms with E-state index in [1.54, 1.807) is 18.3 Å². The van der Waals surface area contributed by atoms with Crippen molar-refractivity contribution in [3.05, 3.63) is 60.4 Å². The van der Waals surface area contributed by atoms with E-state index in [-0.39, 0.29) is 24.2 Å². The highest BCUT2D eigenvalue weighted by atomic mass is 16.2. The maximum absolute atomic E-state index is 12.4. The maximum Gasteiger partial charge on any atom is 0.241 e. The van der Waals surface area contributed by atoms with E-state index in [9.17, 15) is 9.59 Å². The molecule has 1 aromatic carbocycles. The number of imide groups is 1. The summed E-state index contributed by atoms with van der Waals surface area (Å²) < 4.78 is 0. The van der Waals surface area contributed by atoms with Gasteiger partial charge in [0.15, 0.2) is 0 Å². The molecule has 0 N–H and O–H groups in total. The van der Waals surface area contributed by atoms with Crippen molar-refractivity contribution in [3.63, 3.8) is 0 Å². The topological polar surface area (TPSA) is 50.3 Å². The second-order valence-corrected chi connectivity index (χ2v) is 4.45. The third-order valence-corrected chi connectivity index (χ3v) is 3.25. The van der Waals surface area contributed by atoms with Gasteiger partial charge in [-0.2, -0.15) is 0 Å². The van der Waals surface area contributed by atoms with Crippen LogP contribution in [0.5, 0.6) is 0 Å². The molecule has 1 fully saturated rings. The molecule has 1 aliphatic rings. The molecule has 1 aromatic heterocycles. The van der Waals surface area contributed by atoms with Crippen LogP contribution in [0.15, 0.2) is 54.9 Å². The first-order valence-electron chi connectivity index (χ1n) is 6.09. The summed E-state index contributed by atoms with van der Waals surface area (Å²) in [4.78, 5) is 29.6. The van der Waals surface area contributed by atoms with E-state index in [1.165, 1.54) is 11.1 Å². The highest BCUT2D eigenvalue weighted by molar-refractivity contribution is 6.22. The number of rotatable bonds is 2. The Bertz CT molecular complexity index is 611. The van der Waals surface area contributed by atoms with Gasteiger partial charge in [-0.3, -0.25) is 14.6 Å². The van der Waals surface area contributed by atoms with E-state index in [1.807, 2.05) is 30.3 Å². The molecule has 2 aromatic rings. The number of amides is 2. The van der Waals surface area contributed by atoms with E-state index in [0.29, 0.717) is 5.69 Å². The fourth-order valence-corrected chi connectivity index (χ4v) is 2.33. The number of hydrogen-bond acceptors (Lipinski definition) is 3. The fourth-order valence-electron chi connectivity index (χ4n) is 2.33. The molecule has 0 bridgehead atoms. The Morgan fingerprint density at radius 2 is 1.84 bits per heavy atom. The van der Waals surface area contributed by atoms with E-state index >= 15 is 0 Å². The average molecular weight is 252 g/mol. The smallest absolute Gasteiger partial charge is 0.241 e. The Balaban J connectivity index is 1.94. The molecule has 0 radical (unpaired) electrons. The minimum atomic E-state index is -0.381. The van der Waals surface area contributed by atoms with Crippen LogP contribution < -0.4 is 4.90 Å². The first kappa shape index (κ1) is 11.6. The number of benzene rings is 1. The zero-order valence-corrected chi connectivity index (χ0v) is 10.2. The van der Waals surface area contributed by atoms with Crippen molar-refractivity contribution in [2.24, 2.45) is 0 Å². The third kappa shape index (κ3) is 2.01. The van der Waals surface area contributed by atoms with E-state index in [0.717, 1.165) is 5.56 Å². The SMILES string of the molecule is O=C1C[C@H](c2ccccc2)C(=O)N1c1cccnc1. The standard InChI is InChI=1S/C15H12N2O2/c18-14-9-13(11-5-2-1-3-6-11)15(19)17(14)12-7-4-8-16-10-12/h1-8,10,13H,9H2/t13-/m1/s1. The molecular formula is C15H12N2O2. The predicted octanol–water partition coefficient (Wildman–Crippen LogP) is 2.13. The molecule has 2 heterocycles. The van der Waals surface area contributed by atoms with Crippen LogP contribution in [0.3, 0.4) is 0 Å². The van der Waals surface area contributed by atoms with Gasteiger partial charge in [0, 0.05) is 12.6 Å². The number of carbonyl (C=O) groups excluding carboxylic acids is 2. The Hall–Kier alpha value is -2.49. The molecule has 1 aliphatic heterocycles. The largest absolute Gasteiger partial charge is 0.274 e. The van der Waals surface area contributed by atoms with Gasteiger partial charge in [0.05, 0.1) is 17.8 Å². The second-order valence-electron chi connectivity index (χ2n) is 4.45. The van der Waals surface area contributed by atoms with E-state index < -0.39 is 0 Å². The second kappa shape index (κ2) is 4.65. The van der Waals surface area contributed by atoms with Gasteiger partial charge in [-0.1, -0.05) is 30.3 Å². The van der Waals surface area contributed by atoms with Crippen molar-refractivity contribution in [1.82, 2.24) is 4.98 Å². The Morgan fingerprint density at radius 3 is 2.53 bits per heavy atom. The first-order valence-corrected chi connectivity index (χ1v) is 6.09. The monoisotopic (exact) mass is 252 g/mol. The van der Waals surface area contributed by atoms with E-state index in [2.05, 4.69) is 4.98 Å². The molecule has 0 aliphatic carbocycles. The van der Waals surface area contributed by atoms with E-state index in [4.69, 9.17) is 0 Å². The molecule has 0 spiro atoms. The summed E-state index contributed by atoms with van der Waals surface area (Å²) in [7, 11) is 0. The first-order chi connectivity index (χ1) is 9.27. The summed E-state index contributed by atoms with van der Waals surface area (Å²) in [5, 5.41) is 0. The lowest BCUT2D eigenvalue weighted by Gasteiger charge is -2.14. The number of carbonyl (C=O) groups is 2. The van der Waals surface area contributed by atoms with Crippen LogP contribution in [0.1, 0.15) is 17.9 Å². The molecular weight excluding hydrogens is 240 g/mol. The molecule has 2 amide bonds. The molecule has 1 saturated heterocycles. The lowest BCUT2D eigenvalue weighted by Crippen LogP contribution is -2.30. The molecule has 19 heavy (non-hydrogen) atoms.